The van der Waals surface area contributed by atoms with Crippen molar-refractivity contribution >= 4 is 39.7 Å². The first-order valence-corrected chi connectivity index (χ1v) is 10.8. The minimum atomic E-state index is -4.73. The van der Waals surface area contributed by atoms with Gasteiger partial charge >= 0.3 is 6.18 Å². The Labute approximate surface area is 181 Å². The molecule has 11 heteroatoms. The van der Waals surface area contributed by atoms with E-state index >= 15 is 0 Å². The Morgan fingerprint density at radius 1 is 1.23 bits per heavy atom. The van der Waals surface area contributed by atoms with E-state index in [4.69, 9.17) is 0 Å². The number of aryl methyl sites for hydroxylation is 1. The van der Waals surface area contributed by atoms with Crippen LogP contribution in [0.1, 0.15) is 12.1 Å². The normalized spacial score (nSPS) is 20.3. The van der Waals surface area contributed by atoms with Gasteiger partial charge in [0.1, 0.15) is 6.04 Å². The van der Waals surface area contributed by atoms with Crippen LogP contribution in [0.3, 0.4) is 0 Å². The molecule has 0 aliphatic carbocycles. The molecule has 0 radical (unpaired) electrons. The fourth-order valence-corrected chi connectivity index (χ4v) is 4.70. The third-order valence-corrected chi connectivity index (χ3v) is 6.40. The summed E-state index contributed by atoms with van der Waals surface area (Å²) in [6.45, 7) is 4.12. The van der Waals surface area contributed by atoms with E-state index in [-0.39, 0.29) is 17.9 Å². The Morgan fingerprint density at radius 2 is 1.94 bits per heavy atom. The Bertz CT molecular complexity index is 972. The number of nitrogens with zero attached hydrogens (tertiary/aromatic N) is 4. The molecular formula is C20H22F3N5O2S. The predicted octanol–water partition coefficient (Wildman–Crippen LogP) is 2.88. The smallest absolute Gasteiger partial charge is 0.346 e. The Hall–Kier alpha value is -2.66. The summed E-state index contributed by atoms with van der Waals surface area (Å²) in [7, 11) is 0. The van der Waals surface area contributed by atoms with Crippen LogP contribution >= 0.6 is 11.3 Å². The lowest BCUT2D eigenvalue weighted by Crippen LogP contribution is -2.55. The highest BCUT2D eigenvalue weighted by Gasteiger charge is 2.49. The Kier molecular flexibility index (Phi) is 5.89. The van der Waals surface area contributed by atoms with Crippen LogP contribution in [-0.2, 0) is 9.59 Å². The number of benzene rings is 1. The molecule has 4 rings (SSSR count). The van der Waals surface area contributed by atoms with Crippen molar-refractivity contribution in [3.63, 3.8) is 0 Å². The molecule has 0 bridgehead atoms. The molecule has 0 saturated carbocycles. The number of nitrogens with one attached hydrogen (secondary N) is 1. The lowest BCUT2D eigenvalue weighted by molar-refractivity contribution is -0.158. The summed E-state index contributed by atoms with van der Waals surface area (Å²) in [5.74, 6) is -1.44. The van der Waals surface area contributed by atoms with Crippen LogP contribution in [-0.4, -0.2) is 66.6 Å². The zero-order chi connectivity index (χ0) is 22.2. The van der Waals surface area contributed by atoms with Crippen LogP contribution in [0, 0.1) is 6.92 Å². The van der Waals surface area contributed by atoms with Gasteiger partial charge in [-0.3, -0.25) is 19.4 Å². The van der Waals surface area contributed by atoms with Gasteiger partial charge in [-0.1, -0.05) is 12.1 Å². The van der Waals surface area contributed by atoms with E-state index in [1.165, 1.54) is 12.1 Å². The van der Waals surface area contributed by atoms with E-state index in [0.29, 0.717) is 26.2 Å². The van der Waals surface area contributed by atoms with Gasteiger partial charge in [-0.15, -0.1) is 11.3 Å². The molecule has 1 N–H and O–H groups in total. The molecule has 1 atom stereocenters. The van der Waals surface area contributed by atoms with E-state index in [0.717, 1.165) is 15.7 Å². The standard InChI is InChI=1S/C20H22F3N5O2S/c1-13-12-31-19(24-13)27-8-6-26(7-9-27)11-18(30)28-15-5-3-2-4-14(15)25-17(29)10-16(28)20(21,22)23/h2-5,12,16H,6-11H2,1H3,(H,25,29)/t16-/m1/s1. The SMILES string of the molecule is Cc1csc(N2CCN(CC(=O)N3c4ccccc4NC(=O)C[C@@H]3C(F)(F)F)CC2)n1. The number of anilines is 3. The summed E-state index contributed by atoms with van der Waals surface area (Å²) >= 11 is 1.55. The maximum Gasteiger partial charge on any atom is 0.409 e. The molecule has 0 unspecified atom stereocenters. The lowest BCUT2D eigenvalue weighted by atomic mass is 10.1. The van der Waals surface area contributed by atoms with Gasteiger partial charge in [0.05, 0.1) is 30.0 Å². The molecule has 31 heavy (non-hydrogen) atoms. The zero-order valence-electron chi connectivity index (χ0n) is 16.9. The van der Waals surface area contributed by atoms with Crippen LogP contribution in [0.4, 0.5) is 29.7 Å². The highest BCUT2D eigenvalue weighted by atomic mass is 32.1. The monoisotopic (exact) mass is 453 g/mol. The molecule has 2 aliphatic heterocycles. The van der Waals surface area contributed by atoms with Crippen molar-refractivity contribution in [1.29, 1.82) is 0 Å². The highest BCUT2D eigenvalue weighted by Crippen LogP contribution is 2.37. The van der Waals surface area contributed by atoms with Crippen molar-refractivity contribution in [3.8, 4) is 0 Å². The number of halogens is 3. The van der Waals surface area contributed by atoms with E-state index in [2.05, 4.69) is 15.2 Å². The molecule has 0 spiro atoms. The van der Waals surface area contributed by atoms with E-state index in [9.17, 15) is 22.8 Å². The first-order chi connectivity index (χ1) is 14.7. The summed E-state index contributed by atoms with van der Waals surface area (Å²) in [4.78, 5) is 34.3. The summed E-state index contributed by atoms with van der Waals surface area (Å²) < 4.78 is 41.5. The van der Waals surface area contributed by atoms with Crippen LogP contribution < -0.4 is 15.1 Å². The lowest BCUT2D eigenvalue weighted by Gasteiger charge is -2.37. The van der Waals surface area contributed by atoms with Crippen molar-refractivity contribution in [2.45, 2.75) is 25.6 Å². The van der Waals surface area contributed by atoms with Crippen LogP contribution in [0.2, 0.25) is 0 Å². The summed E-state index contributed by atoms with van der Waals surface area (Å²) in [6, 6.07) is 3.89. The van der Waals surface area contributed by atoms with Crippen LogP contribution in [0.25, 0.3) is 0 Å². The molecule has 7 nitrogen and oxygen atoms in total. The number of amides is 2. The number of piperazine rings is 1. The number of hydrogen-bond donors (Lipinski definition) is 1. The number of carbonyl (C=O) groups is 2. The molecule has 1 aromatic heterocycles. The maximum absolute atomic E-state index is 13.8. The van der Waals surface area contributed by atoms with Gasteiger partial charge in [-0.25, -0.2) is 4.98 Å². The van der Waals surface area contributed by atoms with Crippen LogP contribution in [0.15, 0.2) is 29.6 Å². The number of carbonyl (C=O) groups excluding carboxylic acids is 2. The largest absolute Gasteiger partial charge is 0.409 e. The quantitative estimate of drug-likeness (QED) is 0.774. The van der Waals surface area contributed by atoms with Gasteiger partial charge in [0.2, 0.25) is 11.8 Å². The van der Waals surface area contributed by atoms with E-state index < -0.39 is 30.5 Å². The summed E-state index contributed by atoms with van der Waals surface area (Å²) in [5, 5.41) is 5.36. The third kappa shape index (κ3) is 4.67. The zero-order valence-corrected chi connectivity index (χ0v) is 17.7. The number of aromatic nitrogens is 1. The second kappa shape index (κ2) is 8.46. The summed E-state index contributed by atoms with van der Waals surface area (Å²) in [6.07, 6.45) is -5.56. The van der Waals surface area contributed by atoms with Gasteiger partial charge < -0.3 is 10.2 Å². The van der Waals surface area contributed by atoms with Crippen molar-refractivity contribution < 1.29 is 22.8 Å². The predicted molar refractivity (Wildman–Crippen MR) is 113 cm³/mol. The fraction of sp³-hybridized carbons (Fsp3) is 0.450. The highest BCUT2D eigenvalue weighted by molar-refractivity contribution is 7.13. The molecule has 1 aromatic carbocycles. The minimum Gasteiger partial charge on any atom is -0.346 e. The average molecular weight is 453 g/mol. The maximum atomic E-state index is 13.8. The van der Waals surface area contributed by atoms with Crippen molar-refractivity contribution in [2.75, 3.05) is 47.8 Å². The third-order valence-electron chi connectivity index (χ3n) is 5.38. The molecule has 2 amide bonds. The van der Waals surface area contributed by atoms with Crippen molar-refractivity contribution in [3.05, 3.63) is 35.3 Å². The Balaban J connectivity index is 1.51. The van der Waals surface area contributed by atoms with Gasteiger partial charge in [-0.05, 0) is 19.1 Å². The first kappa shape index (κ1) is 21.6. The molecule has 2 aromatic rings. The number of alkyl halides is 3. The van der Waals surface area contributed by atoms with E-state index in [1.54, 1.807) is 23.5 Å². The second-order valence-corrected chi connectivity index (χ2v) is 8.46. The number of hydrogen-bond acceptors (Lipinski definition) is 6. The van der Waals surface area contributed by atoms with E-state index in [1.807, 2.05) is 17.2 Å². The fourth-order valence-electron chi connectivity index (χ4n) is 3.85. The van der Waals surface area contributed by atoms with Crippen LogP contribution in [0.5, 0.6) is 0 Å². The van der Waals surface area contributed by atoms with Gasteiger partial charge in [0.25, 0.3) is 0 Å². The van der Waals surface area contributed by atoms with Crippen molar-refractivity contribution in [1.82, 2.24) is 9.88 Å². The number of thiazole rings is 1. The molecular weight excluding hydrogens is 431 g/mol. The first-order valence-electron chi connectivity index (χ1n) is 9.89. The summed E-state index contributed by atoms with van der Waals surface area (Å²) in [5.41, 5.74) is 1.22. The topological polar surface area (TPSA) is 68.8 Å². The molecule has 3 heterocycles. The number of fused-ring (bicyclic) bond motifs is 1. The minimum absolute atomic E-state index is 0.0672. The second-order valence-electron chi connectivity index (χ2n) is 7.63. The number of rotatable bonds is 3. The average Bonchev–Trinajstić information content (AvgIpc) is 3.07. The Morgan fingerprint density at radius 3 is 2.58 bits per heavy atom. The molecule has 1 fully saturated rings. The molecule has 166 valence electrons. The van der Waals surface area contributed by atoms with Gasteiger partial charge in [-0.2, -0.15) is 13.2 Å². The molecule has 1 saturated heterocycles. The number of para-hydroxylation sites is 2. The van der Waals surface area contributed by atoms with Crippen molar-refractivity contribution in [2.24, 2.45) is 0 Å². The van der Waals surface area contributed by atoms with Gasteiger partial charge in [0.15, 0.2) is 5.13 Å². The van der Waals surface area contributed by atoms with Gasteiger partial charge in [0, 0.05) is 31.6 Å². The molecule has 2 aliphatic rings.